The summed E-state index contributed by atoms with van der Waals surface area (Å²) in [5.74, 6) is -0.637. The summed E-state index contributed by atoms with van der Waals surface area (Å²) < 4.78 is 40.1. The predicted octanol–water partition coefficient (Wildman–Crippen LogP) is 2.28. The van der Waals surface area contributed by atoms with E-state index < -0.39 is 15.8 Å². The molecule has 1 aliphatic heterocycles. The van der Waals surface area contributed by atoms with Crippen molar-refractivity contribution in [2.45, 2.75) is 24.3 Å². The molecule has 8 nitrogen and oxygen atoms in total. The lowest BCUT2D eigenvalue weighted by atomic mass is 10.2. The molecule has 33 heavy (non-hydrogen) atoms. The molecule has 3 rings (SSSR count). The van der Waals surface area contributed by atoms with E-state index in [9.17, 15) is 22.4 Å². The van der Waals surface area contributed by atoms with Crippen LogP contribution < -0.4 is 5.32 Å². The lowest BCUT2D eigenvalue weighted by Crippen LogP contribution is -2.40. The second-order valence-corrected chi connectivity index (χ2v) is 9.85. The van der Waals surface area contributed by atoms with Crippen LogP contribution in [0, 0.1) is 5.82 Å². The highest BCUT2D eigenvalue weighted by Gasteiger charge is 2.28. The smallest absolute Gasteiger partial charge is 0.317 e. The minimum atomic E-state index is -3.75. The van der Waals surface area contributed by atoms with Crippen LogP contribution in [0.5, 0.6) is 0 Å². The van der Waals surface area contributed by atoms with Gasteiger partial charge in [-0.1, -0.05) is 30.3 Å². The van der Waals surface area contributed by atoms with Gasteiger partial charge < -0.3 is 15.1 Å². The molecule has 0 radical (unpaired) electrons. The molecule has 0 saturated carbocycles. The molecule has 2 aromatic rings. The zero-order valence-electron chi connectivity index (χ0n) is 18.6. The van der Waals surface area contributed by atoms with Crippen molar-refractivity contribution in [3.63, 3.8) is 0 Å². The molecule has 2 aromatic carbocycles. The fourth-order valence-corrected chi connectivity index (χ4v) is 5.11. The average molecular weight is 477 g/mol. The normalized spacial score (nSPS) is 15.0. The van der Waals surface area contributed by atoms with Gasteiger partial charge in [0.1, 0.15) is 5.82 Å². The number of nitrogens with one attached hydrogen (secondary N) is 1. The summed E-state index contributed by atoms with van der Waals surface area (Å²) in [6.45, 7) is 1.81. The van der Waals surface area contributed by atoms with Crippen LogP contribution in [0.4, 0.5) is 9.18 Å². The third kappa shape index (κ3) is 6.75. The fourth-order valence-electron chi connectivity index (χ4n) is 3.64. The molecular formula is C23H29FN4O4S. The Bertz CT molecular complexity index is 1050. The minimum Gasteiger partial charge on any atom is -0.341 e. The van der Waals surface area contributed by atoms with E-state index in [0.29, 0.717) is 19.5 Å². The molecule has 1 heterocycles. The molecular weight excluding hydrogens is 447 g/mol. The maximum atomic E-state index is 13.1. The Balaban J connectivity index is 1.45. The Kier molecular flexibility index (Phi) is 8.40. The average Bonchev–Trinajstić information content (AvgIpc) is 3.07. The highest BCUT2D eigenvalue weighted by molar-refractivity contribution is 7.89. The quantitative estimate of drug-likeness (QED) is 0.664. The van der Waals surface area contributed by atoms with Gasteiger partial charge in [0.15, 0.2) is 0 Å². The molecule has 178 valence electrons. The number of benzene rings is 2. The van der Waals surface area contributed by atoms with E-state index in [1.165, 1.54) is 16.4 Å². The summed E-state index contributed by atoms with van der Waals surface area (Å²) in [4.78, 5) is 28.1. The van der Waals surface area contributed by atoms with Crippen molar-refractivity contribution in [2.75, 3.05) is 39.8 Å². The Morgan fingerprint density at radius 3 is 2.39 bits per heavy atom. The van der Waals surface area contributed by atoms with Gasteiger partial charge in [0.25, 0.3) is 0 Å². The summed E-state index contributed by atoms with van der Waals surface area (Å²) in [6, 6.07) is 14.1. The molecule has 1 N–H and O–H groups in total. The summed E-state index contributed by atoms with van der Waals surface area (Å²) in [5.41, 5.74) is 1.01. The van der Waals surface area contributed by atoms with Gasteiger partial charge in [0.05, 0.1) is 4.90 Å². The number of carbonyl (C=O) groups is 2. The standard InChI is InChI=1S/C23H29FN4O4S/c1-26(18-19-6-3-2-4-7-19)23(30)25-13-12-22(29)27-14-5-15-28(17-16-27)33(31,32)21-10-8-20(24)9-11-21/h2-4,6-11H,5,12-18H2,1H3,(H,25,30). The third-order valence-corrected chi connectivity index (χ3v) is 7.40. The molecule has 0 aliphatic carbocycles. The van der Waals surface area contributed by atoms with Crippen LogP contribution in [0.2, 0.25) is 0 Å². The van der Waals surface area contributed by atoms with Crippen LogP contribution in [-0.2, 0) is 21.4 Å². The first-order valence-corrected chi connectivity index (χ1v) is 12.3. The number of carbonyl (C=O) groups excluding carboxylic acids is 2. The van der Waals surface area contributed by atoms with Gasteiger partial charge in [-0.2, -0.15) is 4.31 Å². The van der Waals surface area contributed by atoms with Crippen LogP contribution >= 0.6 is 0 Å². The fraction of sp³-hybridized carbons (Fsp3) is 0.391. The second kappa shape index (κ2) is 11.2. The van der Waals surface area contributed by atoms with Crippen LogP contribution in [0.25, 0.3) is 0 Å². The van der Waals surface area contributed by atoms with E-state index in [-0.39, 0.29) is 49.4 Å². The van der Waals surface area contributed by atoms with E-state index in [2.05, 4.69) is 5.32 Å². The van der Waals surface area contributed by atoms with Crippen molar-refractivity contribution in [2.24, 2.45) is 0 Å². The molecule has 10 heteroatoms. The molecule has 3 amide bonds. The summed E-state index contributed by atoms with van der Waals surface area (Å²) in [6.07, 6.45) is 0.633. The largest absolute Gasteiger partial charge is 0.341 e. The highest BCUT2D eigenvalue weighted by atomic mass is 32.2. The maximum Gasteiger partial charge on any atom is 0.317 e. The first-order chi connectivity index (χ1) is 15.8. The van der Waals surface area contributed by atoms with E-state index in [4.69, 9.17) is 0 Å². The predicted molar refractivity (Wildman–Crippen MR) is 122 cm³/mol. The molecule has 0 atom stereocenters. The molecule has 0 bridgehead atoms. The van der Waals surface area contributed by atoms with Crippen molar-refractivity contribution in [3.8, 4) is 0 Å². The summed E-state index contributed by atoms with van der Waals surface area (Å²) in [5, 5.41) is 2.75. The molecule has 0 aromatic heterocycles. The van der Waals surface area contributed by atoms with Crippen LogP contribution in [-0.4, -0.2) is 74.2 Å². The third-order valence-electron chi connectivity index (χ3n) is 5.48. The second-order valence-electron chi connectivity index (χ2n) is 7.92. The Morgan fingerprint density at radius 1 is 1.00 bits per heavy atom. The number of hydrogen-bond acceptors (Lipinski definition) is 4. The van der Waals surface area contributed by atoms with Crippen LogP contribution in [0.15, 0.2) is 59.5 Å². The number of rotatable bonds is 7. The number of urea groups is 1. The Morgan fingerprint density at radius 2 is 1.70 bits per heavy atom. The van der Waals surface area contributed by atoms with Crippen molar-refractivity contribution in [3.05, 3.63) is 66.0 Å². The van der Waals surface area contributed by atoms with Gasteiger partial charge in [-0.25, -0.2) is 17.6 Å². The molecule has 1 saturated heterocycles. The van der Waals surface area contributed by atoms with Gasteiger partial charge in [-0.15, -0.1) is 0 Å². The summed E-state index contributed by atoms with van der Waals surface area (Å²) >= 11 is 0. The van der Waals surface area contributed by atoms with Crippen molar-refractivity contribution < 1.29 is 22.4 Å². The SMILES string of the molecule is CN(Cc1ccccc1)C(=O)NCCC(=O)N1CCCN(S(=O)(=O)c2ccc(F)cc2)CC1. The van der Waals surface area contributed by atoms with Gasteiger partial charge >= 0.3 is 6.03 Å². The van der Waals surface area contributed by atoms with Crippen LogP contribution in [0.1, 0.15) is 18.4 Å². The lowest BCUT2D eigenvalue weighted by molar-refractivity contribution is -0.130. The molecule has 1 fully saturated rings. The number of sulfonamides is 1. The van der Waals surface area contributed by atoms with Crippen molar-refractivity contribution in [1.29, 1.82) is 0 Å². The molecule has 0 unspecified atom stereocenters. The zero-order valence-corrected chi connectivity index (χ0v) is 19.4. The number of halogens is 1. The first kappa shape index (κ1) is 24.7. The Labute approximate surface area is 194 Å². The number of nitrogens with zero attached hydrogens (tertiary/aromatic N) is 3. The van der Waals surface area contributed by atoms with E-state index in [1.54, 1.807) is 16.8 Å². The topological polar surface area (TPSA) is 90.0 Å². The van der Waals surface area contributed by atoms with Crippen molar-refractivity contribution in [1.82, 2.24) is 19.4 Å². The minimum absolute atomic E-state index is 0.0333. The first-order valence-electron chi connectivity index (χ1n) is 10.8. The van der Waals surface area contributed by atoms with E-state index in [0.717, 1.165) is 17.7 Å². The maximum absolute atomic E-state index is 13.1. The monoisotopic (exact) mass is 476 g/mol. The molecule has 1 aliphatic rings. The summed E-state index contributed by atoms with van der Waals surface area (Å²) in [7, 11) is -2.06. The van der Waals surface area contributed by atoms with Gasteiger partial charge in [0.2, 0.25) is 15.9 Å². The van der Waals surface area contributed by atoms with E-state index >= 15 is 0 Å². The van der Waals surface area contributed by atoms with Crippen molar-refractivity contribution >= 4 is 22.0 Å². The van der Waals surface area contributed by atoms with Gasteiger partial charge in [-0.05, 0) is 36.2 Å². The van der Waals surface area contributed by atoms with E-state index in [1.807, 2.05) is 30.3 Å². The van der Waals surface area contributed by atoms with Gasteiger partial charge in [0, 0.05) is 52.7 Å². The Hall–Kier alpha value is -2.98. The van der Waals surface area contributed by atoms with Gasteiger partial charge in [-0.3, -0.25) is 4.79 Å². The van der Waals surface area contributed by atoms with Crippen LogP contribution in [0.3, 0.4) is 0 Å². The zero-order chi connectivity index (χ0) is 23.8. The lowest BCUT2D eigenvalue weighted by Gasteiger charge is -2.22. The molecule has 0 spiro atoms. The highest BCUT2D eigenvalue weighted by Crippen LogP contribution is 2.18. The number of amides is 3. The number of hydrogen-bond donors (Lipinski definition) is 1.